The van der Waals surface area contributed by atoms with E-state index >= 15 is 0 Å². The number of aryl methyl sites for hydroxylation is 1. The van der Waals surface area contributed by atoms with Crippen molar-refractivity contribution in [3.8, 4) is 11.1 Å². The van der Waals surface area contributed by atoms with Crippen LogP contribution in [0, 0.1) is 12.7 Å². The molecule has 0 fully saturated rings. The Balaban J connectivity index is 1.49. The third kappa shape index (κ3) is 4.74. The van der Waals surface area contributed by atoms with Gasteiger partial charge in [0.1, 0.15) is 5.82 Å². The van der Waals surface area contributed by atoms with Gasteiger partial charge in [-0.25, -0.2) is 17.1 Å². The normalized spacial score (nSPS) is 15.6. The highest BCUT2D eigenvalue weighted by Gasteiger charge is 2.35. The monoisotopic (exact) mass is 584 g/mol. The van der Waals surface area contributed by atoms with Crippen molar-refractivity contribution in [1.29, 1.82) is 0 Å². The standard InChI is InChI=1S/C37H29FN2O2S/c1-26-17-20-32(21-18-26)43(41,42)39(31-15-9-4-10-16-31)25-29-23-35-36(27-11-5-2-6-12-27)33-22-19-30(38)24-34(33)40(35)37(29)28-13-7-3-8-14-28/h2-22,24-25,37H,23H2,1H3/b29-25+. The fraction of sp³-hybridized carbons (Fsp3) is 0.0811. The summed E-state index contributed by atoms with van der Waals surface area (Å²) in [6.07, 6.45) is 2.27. The summed E-state index contributed by atoms with van der Waals surface area (Å²) >= 11 is 0. The van der Waals surface area contributed by atoms with Gasteiger partial charge in [-0.05, 0) is 66.1 Å². The van der Waals surface area contributed by atoms with Crippen molar-refractivity contribution in [2.24, 2.45) is 0 Å². The van der Waals surface area contributed by atoms with Gasteiger partial charge in [0, 0.05) is 29.3 Å². The number of rotatable bonds is 6. The van der Waals surface area contributed by atoms with Crippen LogP contribution in [0.4, 0.5) is 10.1 Å². The van der Waals surface area contributed by atoms with Crippen LogP contribution in [0.5, 0.6) is 0 Å². The Bertz CT molecular complexity index is 2070. The molecule has 0 bridgehead atoms. The summed E-state index contributed by atoms with van der Waals surface area (Å²) in [6, 6.07) is 40.8. The number of aromatic nitrogens is 1. The quantitative estimate of drug-likeness (QED) is 0.197. The Hall–Kier alpha value is -4.94. The molecule has 4 nitrogen and oxygen atoms in total. The molecule has 0 saturated carbocycles. The van der Waals surface area contributed by atoms with Gasteiger partial charge >= 0.3 is 0 Å². The third-order valence-corrected chi connectivity index (χ3v) is 9.80. The Morgan fingerprint density at radius 3 is 2.09 bits per heavy atom. The molecule has 1 atom stereocenters. The summed E-state index contributed by atoms with van der Waals surface area (Å²) < 4.78 is 46.9. The smallest absolute Gasteiger partial charge is 0.268 e. The number of halogens is 1. The third-order valence-electron chi connectivity index (χ3n) is 8.10. The lowest BCUT2D eigenvalue weighted by Crippen LogP contribution is -2.27. The molecule has 5 aromatic carbocycles. The van der Waals surface area contributed by atoms with Crippen LogP contribution in [0.1, 0.15) is 22.9 Å². The van der Waals surface area contributed by atoms with Crippen LogP contribution >= 0.6 is 0 Å². The molecule has 1 aliphatic heterocycles. The van der Waals surface area contributed by atoms with Crippen LogP contribution < -0.4 is 4.31 Å². The minimum absolute atomic E-state index is 0.213. The Morgan fingerprint density at radius 1 is 0.791 bits per heavy atom. The fourth-order valence-corrected chi connectivity index (χ4v) is 7.52. The Kier molecular flexibility index (Phi) is 6.71. The van der Waals surface area contributed by atoms with Crippen molar-refractivity contribution < 1.29 is 12.8 Å². The van der Waals surface area contributed by atoms with E-state index in [9.17, 15) is 12.8 Å². The highest BCUT2D eigenvalue weighted by Crippen LogP contribution is 2.47. The predicted octanol–water partition coefficient (Wildman–Crippen LogP) is 8.68. The van der Waals surface area contributed by atoms with Crippen molar-refractivity contribution in [2.75, 3.05) is 4.31 Å². The van der Waals surface area contributed by atoms with Gasteiger partial charge in [-0.15, -0.1) is 0 Å². The molecule has 1 aromatic heterocycles. The molecule has 0 N–H and O–H groups in total. The van der Waals surface area contributed by atoms with Gasteiger partial charge in [0.25, 0.3) is 10.0 Å². The summed E-state index contributed by atoms with van der Waals surface area (Å²) in [6.45, 7) is 1.93. The number of nitrogens with zero attached hydrogens (tertiary/aromatic N) is 2. The molecule has 6 aromatic rings. The minimum atomic E-state index is -3.96. The number of hydrogen-bond acceptors (Lipinski definition) is 2. The van der Waals surface area contributed by atoms with Crippen LogP contribution in [0.15, 0.2) is 150 Å². The van der Waals surface area contributed by atoms with E-state index < -0.39 is 10.0 Å². The second kappa shape index (κ2) is 10.7. The van der Waals surface area contributed by atoms with Crippen LogP contribution in [0.25, 0.3) is 22.0 Å². The lowest BCUT2D eigenvalue weighted by atomic mass is 9.95. The zero-order valence-corrected chi connectivity index (χ0v) is 24.4. The van der Waals surface area contributed by atoms with E-state index in [4.69, 9.17) is 0 Å². The van der Waals surface area contributed by atoms with E-state index in [-0.39, 0.29) is 16.8 Å². The summed E-state index contributed by atoms with van der Waals surface area (Å²) in [7, 11) is -3.96. The summed E-state index contributed by atoms with van der Waals surface area (Å²) in [5.41, 5.74) is 7.28. The van der Waals surface area contributed by atoms with Crippen molar-refractivity contribution >= 4 is 26.6 Å². The second-order valence-electron chi connectivity index (χ2n) is 10.9. The average Bonchev–Trinajstić information content (AvgIpc) is 3.55. The number of sulfonamides is 1. The number of hydrogen-bond donors (Lipinski definition) is 0. The van der Waals surface area contributed by atoms with E-state index in [0.29, 0.717) is 12.1 Å². The van der Waals surface area contributed by atoms with Crippen LogP contribution in [-0.2, 0) is 16.4 Å². The molecule has 43 heavy (non-hydrogen) atoms. The highest BCUT2D eigenvalue weighted by molar-refractivity contribution is 7.93. The molecule has 7 rings (SSSR count). The first-order chi connectivity index (χ1) is 20.9. The highest BCUT2D eigenvalue weighted by atomic mass is 32.2. The maximum absolute atomic E-state index is 14.8. The Labute approximate surface area is 251 Å². The molecule has 0 spiro atoms. The number of allylic oxidation sites excluding steroid dienone is 1. The van der Waals surface area contributed by atoms with Crippen LogP contribution in [-0.4, -0.2) is 13.0 Å². The van der Waals surface area contributed by atoms with Gasteiger partial charge in [0.15, 0.2) is 0 Å². The van der Waals surface area contributed by atoms with E-state index in [1.54, 1.807) is 36.5 Å². The largest absolute Gasteiger partial charge is 0.332 e. The van der Waals surface area contributed by atoms with Gasteiger partial charge in [-0.1, -0.05) is 96.6 Å². The molecule has 0 amide bonds. The number of para-hydroxylation sites is 1. The topological polar surface area (TPSA) is 42.3 Å². The van der Waals surface area contributed by atoms with Crippen molar-refractivity contribution in [3.63, 3.8) is 0 Å². The molecule has 1 aliphatic rings. The van der Waals surface area contributed by atoms with E-state index in [0.717, 1.165) is 44.4 Å². The molecule has 2 heterocycles. The van der Waals surface area contributed by atoms with Gasteiger partial charge in [-0.2, -0.15) is 0 Å². The second-order valence-corrected chi connectivity index (χ2v) is 12.7. The SMILES string of the molecule is Cc1ccc(S(=O)(=O)N(/C=C2\Cc3c(-c4ccccc4)c4ccc(F)cc4n3C2c2ccccc2)c2ccccc2)cc1. The first-order valence-electron chi connectivity index (χ1n) is 14.2. The van der Waals surface area contributed by atoms with Gasteiger partial charge in [0.05, 0.1) is 22.1 Å². The predicted molar refractivity (Wildman–Crippen MR) is 171 cm³/mol. The zero-order valence-electron chi connectivity index (χ0n) is 23.6. The molecule has 6 heteroatoms. The number of fused-ring (bicyclic) bond motifs is 3. The average molecular weight is 585 g/mol. The first-order valence-corrected chi connectivity index (χ1v) is 15.7. The van der Waals surface area contributed by atoms with Crippen LogP contribution in [0.3, 0.4) is 0 Å². The molecule has 0 radical (unpaired) electrons. The van der Waals surface area contributed by atoms with E-state index in [2.05, 4.69) is 16.7 Å². The Morgan fingerprint density at radius 2 is 1.42 bits per heavy atom. The lowest BCUT2D eigenvalue weighted by molar-refractivity contribution is 0.595. The maximum atomic E-state index is 14.8. The summed E-state index contributed by atoms with van der Waals surface area (Å²) in [5.74, 6) is -0.315. The lowest BCUT2D eigenvalue weighted by Gasteiger charge is -2.24. The molecule has 212 valence electrons. The number of benzene rings is 5. The molecular weight excluding hydrogens is 555 g/mol. The minimum Gasteiger partial charge on any atom is -0.332 e. The van der Waals surface area contributed by atoms with Crippen molar-refractivity contribution in [2.45, 2.75) is 24.3 Å². The molecular formula is C37H29FN2O2S. The first kappa shape index (κ1) is 26.9. The fourth-order valence-electron chi connectivity index (χ4n) is 6.13. The summed E-state index contributed by atoms with van der Waals surface area (Å²) in [5, 5.41) is 0.967. The number of anilines is 1. The zero-order chi connectivity index (χ0) is 29.6. The van der Waals surface area contributed by atoms with Crippen molar-refractivity contribution in [3.05, 3.63) is 168 Å². The maximum Gasteiger partial charge on any atom is 0.268 e. The molecule has 0 aliphatic carbocycles. The van der Waals surface area contributed by atoms with E-state index in [1.165, 1.54) is 10.4 Å². The van der Waals surface area contributed by atoms with Gasteiger partial charge in [-0.3, -0.25) is 0 Å². The van der Waals surface area contributed by atoms with Gasteiger partial charge < -0.3 is 4.57 Å². The molecule has 1 unspecified atom stereocenters. The van der Waals surface area contributed by atoms with Gasteiger partial charge in [0.2, 0.25) is 0 Å². The van der Waals surface area contributed by atoms with Crippen molar-refractivity contribution in [1.82, 2.24) is 4.57 Å². The van der Waals surface area contributed by atoms with Crippen LogP contribution in [0.2, 0.25) is 0 Å². The van der Waals surface area contributed by atoms with E-state index in [1.807, 2.05) is 91.9 Å². The molecule has 0 saturated heterocycles. The summed E-state index contributed by atoms with van der Waals surface area (Å²) in [4.78, 5) is 0.213.